The van der Waals surface area contributed by atoms with Gasteiger partial charge in [-0.1, -0.05) is 24.3 Å². The lowest BCUT2D eigenvalue weighted by molar-refractivity contribution is 0.270. The van der Waals surface area contributed by atoms with Crippen LogP contribution in [0.1, 0.15) is 30.9 Å². The summed E-state index contributed by atoms with van der Waals surface area (Å²) in [6.07, 6.45) is 4.89. The maximum absolute atomic E-state index is 3.55. The molecule has 2 nitrogen and oxygen atoms in total. The topological polar surface area (TPSA) is 15.3 Å². The van der Waals surface area contributed by atoms with Gasteiger partial charge in [-0.15, -0.1) is 0 Å². The van der Waals surface area contributed by atoms with Crippen molar-refractivity contribution in [2.24, 2.45) is 0 Å². The number of hydrogen-bond acceptors (Lipinski definition) is 3. The highest BCUT2D eigenvalue weighted by atomic mass is 32.2. The fourth-order valence-electron chi connectivity index (χ4n) is 2.12. The first-order chi connectivity index (χ1) is 9.19. The second-order valence-electron chi connectivity index (χ2n) is 5.69. The minimum Gasteiger partial charge on any atom is -0.310 e. The molecule has 0 bridgehead atoms. The van der Waals surface area contributed by atoms with Crippen molar-refractivity contribution in [3.8, 4) is 0 Å². The van der Waals surface area contributed by atoms with E-state index in [0.717, 1.165) is 19.1 Å². The number of rotatable bonds is 8. The second kappa shape index (κ2) is 7.32. The molecule has 0 aromatic heterocycles. The molecule has 0 amide bonds. The Balaban J connectivity index is 1.79. The van der Waals surface area contributed by atoms with Crippen LogP contribution in [0.2, 0.25) is 0 Å². The van der Waals surface area contributed by atoms with Gasteiger partial charge < -0.3 is 5.32 Å². The van der Waals surface area contributed by atoms with E-state index < -0.39 is 0 Å². The summed E-state index contributed by atoms with van der Waals surface area (Å²) < 4.78 is 0. The maximum Gasteiger partial charge on any atom is 0.0233 e. The molecule has 1 saturated carbocycles. The minimum atomic E-state index is 0.631. The number of hydrogen-bond donors (Lipinski definition) is 1. The summed E-state index contributed by atoms with van der Waals surface area (Å²) in [6, 6.07) is 10.5. The molecule has 1 N–H and O–H groups in total. The third-order valence-electron chi connectivity index (χ3n) is 3.79. The molecule has 0 radical (unpaired) electrons. The highest BCUT2D eigenvalue weighted by molar-refractivity contribution is 7.98. The molecular weight excluding hydrogens is 252 g/mol. The maximum atomic E-state index is 3.55. The van der Waals surface area contributed by atoms with Crippen molar-refractivity contribution in [1.82, 2.24) is 10.2 Å². The molecule has 0 heterocycles. The third kappa shape index (κ3) is 5.17. The molecule has 19 heavy (non-hydrogen) atoms. The molecule has 1 aliphatic rings. The van der Waals surface area contributed by atoms with E-state index in [1.807, 2.05) is 11.8 Å². The third-order valence-corrected chi connectivity index (χ3v) is 4.60. The van der Waals surface area contributed by atoms with Gasteiger partial charge in [0.25, 0.3) is 0 Å². The predicted molar refractivity (Wildman–Crippen MR) is 85.6 cm³/mol. The van der Waals surface area contributed by atoms with Crippen molar-refractivity contribution >= 4 is 11.8 Å². The molecule has 0 spiro atoms. The number of benzene rings is 1. The molecule has 1 aromatic carbocycles. The van der Waals surface area contributed by atoms with E-state index in [4.69, 9.17) is 0 Å². The molecule has 1 aliphatic carbocycles. The molecular formula is C16H26N2S. The molecule has 1 aromatic rings. The summed E-state index contributed by atoms with van der Waals surface area (Å²) in [5.41, 5.74) is 2.81. The first kappa shape index (κ1) is 14.9. The number of nitrogens with zero attached hydrogens (tertiary/aromatic N) is 1. The van der Waals surface area contributed by atoms with Crippen LogP contribution >= 0.6 is 11.8 Å². The van der Waals surface area contributed by atoms with Crippen LogP contribution in [0.4, 0.5) is 0 Å². The highest BCUT2D eigenvalue weighted by Crippen LogP contribution is 2.19. The first-order valence-corrected chi connectivity index (χ1v) is 8.59. The van der Waals surface area contributed by atoms with Crippen molar-refractivity contribution in [1.29, 1.82) is 0 Å². The smallest absolute Gasteiger partial charge is 0.0233 e. The number of nitrogens with one attached hydrogen (secondary N) is 1. The fourth-order valence-corrected chi connectivity index (χ4v) is 2.86. The lowest BCUT2D eigenvalue weighted by Crippen LogP contribution is -2.30. The van der Waals surface area contributed by atoms with E-state index in [9.17, 15) is 0 Å². The van der Waals surface area contributed by atoms with Crippen molar-refractivity contribution in [3.05, 3.63) is 35.4 Å². The highest BCUT2D eigenvalue weighted by Gasteiger charge is 2.19. The van der Waals surface area contributed by atoms with E-state index in [2.05, 4.69) is 54.7 Å². The zero-order chi connectivity index (χ0) is 13.7. The van der Waals surface area contributed by atoms with Gasteiger partial charge in [0.2, 0.25) is 0 Å². The zero-order valence-corrected chi connectivity index (χ0v) is 13.2. The monoisotopic (exact) mass is 278 g/mol. The van der Waals surface area contributed by atoms with Crippen LogP contribution in [-0.4, -0.2) is 36.0 Å². The Bertz CT molecular complexity index is 373. The average molecular weight is 278 g/mol. The van der Waals surface area contributed by atoms with Crippen LogP contribution in [0.3, 0.4) is 0 Å². The van der Waals surface area contributed by atoms with Gasteiger partial charge in [0, 0.05) is 30.9 Å². The molecule has 2 rings (SSSR count). The Morgan fingerprint density at radius 1 is 1.26 bits per heavy atom. The quantitative estimate of drug-likeness (QED) is 0.786. The zero-order valence-electron chi connectivity index (χ0n) is 12.4. The van der Waals surface area contributed by atoms with Gasteiger partial charge in [0.05, 0.1) is 0 Å². The van der Waals surface area contributed by atoms with Gasteiger partial charge in [0.1, 0.15) is 0 Å². The fraction of sp³-hybridized carbons (Fsp3) is 0.625. The Kier molecular flexibility index (Phi) is 5.74. The Labute approximate surface area is 122 Å². The van der Waals surface area contributed by atoms with Crippen LogP contribution < -0.4 is 5.32 Å². The standard InChI is InChI=1S/C16H26N2S/c1-13(12-19-3)18(2)11-15-6-4-14(5-7-15)10-17-16-8-9-16/h4-7,13,16-17H,8-12H2,1-3H3. The van der Waals surface area contributed by atoms with E-state index in [-0.39, 0.29) is 0 Å². The van der Waals surface area contributed by atoms with Gasteiger partial charge in [-0.2, -0.15) is 11.8 Å². The average Bonchev–Trinajstić information content (AvgIpc) is 3.22. The second-order valence-corrected chi connectivity index (χ2v) is 6.60. The summed E-state index contributed by atoms with van der Waals surface area (Å²) in [5, 5.41) is 3.55. The van der Waals surface area contributed by atoms with E-state index in [1.54, 1.807) is 0 Å². The minimum absolute atomic E-state index is 0.631. The molecule has 3 heteroatoms. The van der Waals surface area contributed by atoms with Crippen LogP contribution in [0.15, 0.2) is 24.3 Å². The van der Waals surface area contributed by atoms with Crippen LogP contribution in [0.25, 0.3) is 0 Å². The molecule has 1 atom stereocenters. The summed E-state index contributed by atoms with van der Waals surface area (Å²) in [7, 11) is 2.21. The lowest BCUT2D eigenvalue weighted by atomic mass is 10.1. The molecule has 1 fully saturated rings. The van der Waals surface area contributed by atoms with Crippen molar-refractivity contribution < 1.29 is 0 Å². The van der Waals surface area contributed by atoms with Crippen molar-refractivity contribution in [2.75, 3.05) is 19.1 Å². The van der Waals surface area contributed by atoms with Gasteiger partial charge >= 0.3 is 0 Å². The summed E-state index contributed by atoms with van der Waals surface area (Å²) >= 11 is 1.92. The van der Waals surface area contributed by atoms with Crippen molar-refractivity contribution in [3.63, 3.8) is 0 Å². The summed E-state index contributed by atoms with van der Waals surface area (Å²) in [5.74, 6) is 1.19. The first-order valence-electron chi connectivity index (χ1n) is 7.19. The van der Waals surface area contributed by atoms with Gasteiger partial charge in [-0.05, 0) is 44.2 Å². The van der Waals surface area contributed by atoms with E-state index in [1.165, 1.54) is 29.7 Å². The van der Waals surface area contributed by atoms with Crippen LogP contribution in [-0.2, 0) is 13.1 Å². The van der Waals surface area contributed by atoms with E-state index in [0.29, 0.717) is 6.04 Å². The largest absolute Gasteiger partial charge is 0.310 e. The van der Waals surface area contributed by atoms with E-state index >= 15 is 0 Å². The normalized spacial score (nSPS) is 16.8. The molecule has 0 saturated heterocycles. The predicted octanol–water partition coefficient (Wildman–Crippen LogP) is 3.12. The molecule has 0 aliphatic heterocycles. The van der Waals surface area contributed by atoms with Crippen LogP contribution in [0.5, 0.6) is 0 Å². The van der Waals surface area contributed by atoms with Gasteiger partial charge in [-0.3, -0.25) is 4.90 Å². The summed E-state index contributed by atoms with van der Waals surface area (Å²) in [6.45, 7) is 4.35. The Hall–Kier alpha value is -0.510. The molecule has 1 unspecified atom stereocenters. The number of thioether (sulfide) groups is 1. The lowest BCUT2D eigenvalue weighted by Gasteiger charge is -2.24. The SMILES string of the molecule is CSCC(C)N(C)Cc1ccc(CNC2CC2)cc1. The van der Waals surface area contributed by atoms with Crippen molar-refractivity contribution in [2.45, 2.75) is 44.9 Å². The van der Waals surface area contributed by atoms with Gasteiger partial charge in [0.15, 0.2) is 0 Å². The van der Waals surface area contributed by atoms with Gasteiger partial charge in [-0.25, -0.2) is 0 Å². The Morgan fingerprint density at radius 3 is 2.47 bits per heavy atom. The van der Waals surface area contributed by atoms with Crippen LogP contribution in [0, 0.1) is 0 Å². The Morgan fingerprint density at radius 2 is 1.89 bits per heavy atom. The molecule has 106 valence electrons. The summed E-state index contributed by atoms with van der Waals surface area (Å²) in [4.78, 5) is 2.42.